The molecular weight excluding hydrogens is 312 g/mol. The number of aromatic nitrogens is 1. The first kappa shape index (κ1) is 14.3. The van der Waals surface area contributed by atoms with E-state index in [4.69, 9.17) is 16.0 Å². The molecule has 2 heterocycles. The summed E-state index contributed by atoms with van der Waals surface area (Å²) >= 11 is 5.99. The summed E-state index contributed by atoms with van der Waals surface area (Å²) in [5, 5.41) is 1.48. The van der Waals surface area contributed by atoms with Crippen LogP contribution in [0.4, 0.5) is 0 Å². The molecule has 5 heteroatoms. The van der Waals surface area contributed by atoms with Crippen LogP contribution in [0.25, 0.3) is 11.0 Å². The van der Waals surface area contributed by atoms with Crippen molar-refractivity contribution in [1.82, 2.24) is 9.88 Å². The van der Waals surface area contributed by atoms with Crippen molar-refractivity contribution in [3.8, 4) is 0 Å². The van der Waals surface area contributed by atoms with Crippen LogP contribution in [0.5, 0.6) is 0 Å². The van der Waals surface area contributed by atoms with Crippen LogP contribution in [0, 0.1) is 0 Å². The Hall–Kier alpha value is -2.33. The lowest BCUT2D eigenvalue weighted by atomic mass is 10.2. The molecule has 1 aliphatic rings. The fourth-order valence-electron chi connectivity index (χ4n) is 2.70. The van der Waals surface area contributed by atoms with Crippen LogP contribution in [-0.2, 0) is 6.54 Å². The number of halogens is 1. The molecule has 116 valence electrons. The zero-order valence-corrected chi connectivity index (χ0v) is 13.2. The summed E-state index contributed by atoms with van der Waals surface area (Å²) in [7, 11) is 0. The second-order valence-corrected chi connectivity index (χ2v) is 6.25. The number of benzene rings is 1. The maximum absolute atomic E-state index is 12.9. The molecule has 1 saturated carbocycles. The number of pyridine rings is 1. The molecule has 0 spiro atoms. The largest absolute Gasteiger partial charge is 0.451 e. The third-order valence-corrected chi connectivity index (χ3v) is 4.28. The van der Waals surface area contributed by atoms with Crippen molar-refractivity contribution in [2.45, 2.75) is 25.4 Å². The average Bonchev–Trinajstić information content (AvgIpc) is 3.32. The molecule has 2 aromatic heterocycles. The van der Waals surface area contributed by atoms with Gasteiger partial charge in [-0.25, -0.2) is 0 Å². The minimum atomic E-state index is -0.0726. The third kappa shape index (κ3) is 2.94. The van der Waals surface area contributed by atoms with E-state index in [0.717, 1.165) is 23.8 Å². The molecule has 1 aromatic carbocycles. The van der Waals surface area contributed by atoms with Crippen molar-refractivity contribution in [2.75, 3.05) is 0 Å². The minimum absolute atomic E-state index is 0.0726. The van der Waals surface area contributed by atoms with E-state index in [1.807, 2.05) is 23.1 Å². The number of hydrogen-bond donors (Lipinski definition) is 0. The molecule has 4 nitrogen and oxygen atoms in total. The average molecular weight is 327 g/mol. The van der Waals surface area contributed by atoms with E-state index < -0.39 is 0 Å². The van der Waals surface area contributed by atoms with Gasteiger partial charge >= 0.3 is 0 Å². The second-order valence-electron chi connectivity index (χ2n) is 5.81. The van der Waals surface area contributed by atoms with E-state index in [1.165, 1.54) is 0 Å². The maximum Gasteiger partial charge on any atom is 0.290 e. The highest BCUT2D eigenvalue weighted by Gasteiger charge is 2.34. The molecule has 0 atom stereocenters. The Morgan fingerprint density at radius 1 is 1.22 bits per heavy atom. The molecule has 1 amide bonds. The van der Waals surface area contributed by atoms with Crippen LogP contribution in [0.1, 0.15) is 29.0 Å². The van der Waals surface area contributed by atoms with Crippen LogP contribution in [0.15, 0.2) is 53.2 Å². The van der Waals surface area contributed by atoms with Crippen LogP contribution < -0.4 is 0 Å². The fourth-order valence-corrected chi connectivity index (χ4v) is 2.88. The number of hydrogen-bond acceptors (Lipinski definition) is 3. The normalized spacial score (nSPS) is 14.1. The van der Waals surface area contributed by atoms with E-state index in [-0.39, 0.29) is 5.91 Å². The summed E-state index contributed by atoms with van der Waals surface area (Å²) in [6, 6.07) is 11.3. The van der Waals surface area contributed by atoms with E-state index in [0.29, 0.717) is 29.0 Å². The first-order valence-electron chi connectivity index (χ1n) is 7.60. The maximum atomic E-state index is 12.9. The highest BCUT2D eigenvalue weighted by atomic mass is 35.5. The van der Waals surface area contributed by atoms with Gasteiger partial charge in [0.25, 0.3) is 5.91 Å². The fraction of sp³-hybridized carbons (Fsp3) is 0.222. The summed E-state index contributed by atoms with van der Waals surface area (Å²) < 4.78 is 5.72. The van der Waals surface area contributed by atoms with Gasteiger partial charge in [-0.3, -0.25) is 9.78 Å². The monoisotopic (exact) mass is 326 g/mol. The molecule has 4 rings (SSSR count). The number of nitrogens with zero attached hydrogens (tertiary/aromatic N) is 2. The van der Waals surface area contributed by atoms with Gasteiger partial charge < -0.3 is 9.32 Å². The molecule has 0 bridgehead atoms. The zero-order chi connectivity index (χ0) is 15.8. The van der Waals surface area contributed by atoms with Crippen molar-refractivity contribution in [2.24, 2.45) is 0 Å². The summed E-state index contributed by atoms with van der Waals surface area (Å²) in [5.74, 6) is 0.292. The first-order chi connectivity index (χ1) is 11.2. The molecule has 23 heavy (non-hydrogen) atoms. The summed E-state index contributed by atoms with van der Waals surface area (Å²) in [5.41, 5.74) is 1.75. The topological polar surface area (TPSA) is 46.3 Å². The van der Waals surface area contributed by atoms with Gasteiger partial charge in [0.15, 0.2) is 5.76 Å². The molecule has 0 unspecified atom stereocenters. The van der Waals surface area contributed by atoms with E-state index >= 15 is 0 Å². The molecule has 1 fully saturated rings. The van der Waals surface area contributed by atoms with E-state index in [9.17, 15) is 4.79 Å². The molecule has 3 aromatic rings. The van der Waals surface area contributed by atoms with Crippen molar-refractivity contribution < 1.29 is 9.21 Å². The van der Waals surface area contributed by atoms with Gasteiger partial charge in [-0.05, 0) is 54.8 Å². The number of carbonyl (C=O) groups is 1. The van der Waals surface area contributed by atoms with Gasteiger partial charge in [-0.2, -0.15) is 0 Å². The first-order valence-corrected chi connectivity index (χ1v) is 7.97. The summed E-state index contributed by atoms with van der Waals surface area (Å²) in [6.07, 6.45) is 5.58. The van der Waals surface area contributed by atoms with Gasteiger partial charge in [0.1, 0.15) is 5.58 Å². The zero-order valence-electron chi connectivity index (χ0n) is 12.4. The summed E-state index contributed by atoms with van der Waals surface area (Å²) in [6.45, 7) is 0.573. The van der Waals surface area contributed by atoms with Gasteiger partial charge in [-0.1, -0.05) is 11.6 Å². The number of fused-ring (bicyclic) bond motifs is 1. The van der Waals surface area contributed by atoms with Gasteiger partial charge in [0.05, 0.1) is 0 Å². The predicted octanol–water partition coefficient (Wildman–Crippen LogP) is 4.29. The SMILES string of the molecule is O=C(c1cc2cc(Cl)ccc2o1)N(Cc1ccncc1)C1CC1. The highest BCUT2D eigenvalue weighted by Crippen LogP contribution is 2.31. The number of furan rings is 1. The Bertz CT molecular complexity index is 856. The lowest BCUT2D eigenvalue weighted by Gasteiger charge is -2.21. The van der Waals surface area contributed by atoms with Crippen molar-refractivity contribution in [3.05, 3.63) is 65.1 Å². The molecule has 0 aliphatic heterocycles. The van der Waals surface area contributed by atoms with Crippen LogP contribution >= 0.6 is 11.6 Å². The van der Waals surface area contributed by atoms with Crippen LogP contribution in [0.3, 0.4) is 0 Å². The quantitative estimate of drug-likeness (QED) is 0.718. The van der Waals surface area contributed by atoms with Crippen LogP contribution in [-0.4, -0.2) is 21.8 Å². The molecule has 0 radical (unpaired) electrons. The Morgan fingerprint density at radius 2 is 2.00 bits per heavy atom. The number of rotatable bonds is 4. The lowest BCUT2D eigenvalue weighted by Crippen LogP contribution is -2.32. The standard InChI is InChI=1S/C18H15ClN2O2/c19-14-1-4-16-13(9-14)10-17(23-16)18(22)21(15-2-3-15)11-12-5-7-20-8-6-12/h1,4-10,15H,2-3,11H2. The Kier molecular flexibility index (Phi) is 3.54. The Labute approximate surface area is 138 Å². The highest BCUT2D eigenvalue weighted by molar-refractivity contribution is 6.31. The minimum Gasteiger partial charge on any atom is -0.451 e. The van der Waals surface area contributed by atoms with Gasteiger partial charge in [0.2, 0.25) is 0 Å². The molecule has 1 aliphatic carbocycles. The summed E-state index contributed by atoms with van der Waals surface area (Å²) in [4.78, 5) is 18.8. The molecular formula is C18H15ClN2O2. The van der Waals surface area contributed by atoms with E-state index in [2.05, 4.69) is 4.98 Å². The Balaban J connectivity index is 1.63. The Morgan fingerprint density at radius 3 is 2.74 bits per heavy atom. The lowest BCUT2D eigenvalue weighted by molar-refractivity contribution is 0.0700. The van der Waals surface area contributed by atoms with Crippen LogP contribution in [0.2, 0.25) is 5.02 Å². The number of carbonyl (C=O) groups excluding carboxylic acids is 1. The predicted molar refractivity (Wildman–Crippen MR) is 88.4 cm³/mol. The molecule has 0 saturated heterocycles. The van der Waals surface area contributed by atoms with Crippen molar-refractivity contribution in [1.29, 1.82) is 0 Å². The third-order valence-electron chi connectivity index (χ3n) is 4.04. The second kappa shape index (κ2) is 5.70. The number of amides is 1. The van der Waals surface area contributed by atoms with Gasteiger partial charge in [-0.15, -0.1) is 0 Å². The van der Waals surface area contributed by atoms with Crippen molar-refractivity contribution >= 4 is 28.5 Å². The van der Waals surface area contributed by atoms with E-state index in [1.54, 1.807) is 30.6 Å². The smallest absolute Gasteiger partial charge is 0.290 e. The van der Waals surface area contributed by atoms with Gasteiger partial charge in [0, 0.05) is 35.4 Å². The molecule has 0 N–H and O–H groups in total. The van der Waals surface area contributed by atoms with Crippen molar-refractivity contribution in [3.63, 3.8) is 0 Å².